The number of carbonyl (C=O) groups is 1. The second-order valence-electron chi connectivity index (χ2n) is 4.60. The van der Waals surface area contributed by atoms with Crippen molar-refractivity contribution in [3.8, 4) is 0 Å². The first-order valence-electron chi connectivity index (χ1n) is 5.97. The standard InChI is InChI=1S/C11H20N2O4S/c1-9(2)6-7-12-18(16,17)13-8-4-3-5-10(13)11(14)15/h6,10,12H,3-5,7-8H2,1-2H3,(H,14,15). The van der Waals surface area contributed by atoms with Gasteiger partial charge in [0.15, 0.2) is 0 Å². The molecule has 0 saturated carbocycles. The summed E-state index contributed by atoms with van der Waals surface area (Å²) in [6.45, 7) is 4.19. The summed E-state index contributed by atoms with van der Waals surface area (Å²) in [5.41, 5.74) is 1.01. The lowest BCUT2D eigenvalue weighted by Crippen LogP contribution is -2.52. The van der Waals surface area contributed by atoms with Crippen molar-refractivity contribution in [3.05, 3.63) is 11.6 Å². The highest BCUT2D eigenvalue weighted by atomic mass is 32.2. The molecule has 1 unspecified atom stereocenters. The quantitative estimate of drug-likeness (QED) is 0.725. The number of hydrogen-bond donors (Lipinski definition) is 2. The zero-order chi connectivity index (χ0) is 13.8. The summed E-state index contributed by atoms with van der Waals surface area (Å²) < 4.78 is 27.5. The molecule has 0 aromatic carbocycles. The largest absolute Gasteiger partial charge is 0.480 e. The minimum atomic E-state index is -3.72. The molecule has 0 amide bonds. The number of carboxylic acid groups (broad SMARTS) is 1. The Balaban J connectivity index is 2.75. The summed E-state index contributed by atoms with van der Waals surface area (Å²) in [7, 11) is -3.72. The fourth-order valence-electron chi connectivity index (χ4n) is 1.87. The van der Waals surface area contributed by atoms with E-state index in [4.69, 9.17) is 5.11 Å². The van der Waals surface area contributed by atoms with Crippen LogP contribution in [0.15, 0.2) is 11.6 Å². The summed E-state index contributed by atoms with van der Waals surface area (Å²) in [5.74, 6) is -1.08. The van der Waals surface area contributed by atoms with Crippen LogP contribution in [0.25, 0.3) is 0 Å². The zero-order valence-corrected chi connectivity index (χ0v) is 11.5. The Morgan fingerprint density at radius 2 is 2.11 bits per heavy atom. The molecule has 0 aromatic heterocycles. The minimum Gasteiger partial charge on any atom is -0.480 e. The Bertz CT molecular complexity index is 426. The predicted molar refractivity (Wildman–Crippen MR) is 68.3 cm³/mol. The van der Waals surface area contributed by atoms with Gasteiger partial charge in [0.1, 0.15) is 6.04 Å². The van der Waals surface area contributed by atoms with E-state index in [0.29, 0.717) is 12.8 Å². The van der Waals surface area contributed by atoms with Crippen LogP contribution < -0.4 is 4.72 Å². The highest BCUT2D eigenvalue weighted by Crippen LogP contribution is 2.19. The molecule has 1 fully saturated rings. The van der Waals surface area contributed by atoms with E-state index in [1.165, 1.54) is 0 Å². The van der Waals surface area contributed by atoms with E-state index in [-0.39, 0.29) is 13.1 Å². The smallest absolute Gasteiger partial charge is 0.322 e. The number of rotatable bonds is 5. The van der Waals surface area contributed by atoms with Crippen LogP contribution in [-0.2, 0) is 15.0 Å². The molecule has 1 aliphatic heterocycles. The lowest BCUT2D eigenvalue weighted by molar-refractivity contribution is -0.142. The van der Waals surface area contributed by atoms with Gasteiger partial charge in [0.2, 0.25) is 0 Å². The van der Waals surface area contributed by atoms with Gasteiger partial charge in [-0.3, -0.25) is 4.79 Å². The van der Waals surface area contributed by atoms with Gasteiger partial charge >= 0.3 is 5.97 Å². The molecule has 2 N–H and O–H groups in total. The Morgan fingerprint density at radius 1 is 1.44 bits per heavy atom. The molecule has 104 valence electrons. The summed E-state index contributed by atoms with van der Waals surface area (Å²) in [6.07, 6.45) is 3.57. The van der Waals surface area contributed by atoms with Crippen LogP contribution in [0, 0.1) is 0 Å². The monoisotopic (exact) mass is 276 g/mol. The SMILES string of the molecule is CC(C)=CCNS(=O)(=O)N1CCCCC1C(=O)O. The number of aliphatic carboxylic acids is 1. The van der Waals surface area contributed by atoms with Crippen molar-refractivity contribution >= 4 is 16.2 Å². The second-order valence-corrected chi connectivity index (χ2v) is 6.30. The molecular weight excluding hydrogens is 256 g/mol. The van der Waals surface area contributed by atoms with E-state index < -0.39 is 22.2 Å². The number of allylic oxidation sites excluding steroid dienone is 1. The number of carboxylic acids is 1. The number of nitrogens with zero attached hydrogens (tertiary/aromatic N) is 1. The van der Waals surface area contributed by atoms with E-state index in [1.54, 1.807) is 6.08 Å². The van der Waals surface area contributed by atoms with Crippen molar-refractivity contribution in [1.82, 2.24) is 9.03 Å². The van der Waals surface area contributed by atoms with Gasteiger partial charge < -0.3 is 5.11 Å². The highest BCUT2D eigenvalue weighted by Gasteiger charge is 2.36. The first kappa shape index (κ1) is 15.1. The molecule has 18 heavy (non-hydrogen) atoms. The molecule has 1 heterocycles. The van der Waals surface area contributed by atoms with Crippen molar-refractivity contribution in [2.75, 3.05) is 13.1 Å². The van der Waals surface area contributed by atoms with Gasteiger partial charge in [-0.05, 0) is 33.1 Å². The van der Waals surface area contributed by atoms with Crippen LogP contribution in [0.2, 0.25) is 0 Å². The molecule has 0 radical (unpaired) electrons. The molecule has 0 aliphatic carbocycles. The van der Waals surface area contributed by atoms with E-state index in [9.17, 15) is 13.2 Å². The first-order valence-corrected chi connectivity index (χ1v) is 7.41. The summed E-state index contributed by atoms with van der Waals surface area (Å²) in [5, 5.41) is 9.04. The van der Waals surface area contributed by atoms with Crippen LogP contribution in [0.5, 0.6) is 0 Å². The zero-order valence-electron chi connectivity index (χ0n) is 10.7. The topological polar surface area (TPSA) is 86.7 Å². The minimum absolute atomic E-state index is 0.188. The van der Waals surface area contributed by atoms with Crippen LogP contribution >= 0.6 is 0 Å². The molecule has 0 aromatic rings. The summed E-state index contributed by atoms with van der Waals surface area (Å²) >= 11 is 0. The normalized spacial score (nSPS) is 21.6. The molecule has 7 heteroatoms. The van der Waals surface area contributed by atoms with Gasteiger partial charge in [0.25, 0.3) is 10.2 Å². The van der Waals surface area contributed by atoms with Crippen molar-refractivity contribution in [3.63, 3.8) is 0 Å². The van der Waals surface area contributed by atoms with Crippen LogP contribution in [0.3, 0.4) is 0 Å². The van der Waals surface area contributed by atoms with Crippen LogP contribution in [0.1, 0.15) is 33.1 Å². The average molecular weight is 276 g/mol. The molecular formula is C11H20N2O4S. The lowest BCUT2D eigenvalue weighted by Gasteiger charge is -2.31. The molecule has 0 spiro atoms. The van der Waals surface area contributed by atoms with Crippen molar-refractivity contribution in [1.29, 1.82) is 0 Å². The van der Waals surface area contributed by atoms with E-state index in [2.05, 4.69) is 4.72 Å². The average Bonchev–Trinajstić information content (AvgIpc) is 2.28. The number of nitrogens with one attached hydrogen (secondary N) is 1. The van der Waals surface area contributed by atoms with Gasteiger partial charge in [0.05, 0.1) is 0 Å². The van der Waals surface area contributed by atoms with E-state index in [1.807, 2.05) is 13.8 Å². The lowest BCUT2D eigenvalue weighted by atomic mass is 10.1. The van der Waals surface area contributed by atoms with Crippen molar-refractivity contribution < 1.29 is 18.3 Å². The second kappa shape index (κ2) is 6.31. The van der Waals surface area contributed by atoms with Gasteiger partial charge in [-0.1, -0.05) is 11.6 Å². The maximum absolute atomic E-state index is 12.0. The van der Waals surface area contributed by atoms with E-state index >= 15 is 0 Å². The Kier molecular flexibility index (Phi) is 5.30. The van der Waals surface area contributed by atoms with Gasteiger partial charge in [-0.2, -0.15) is 17.4 Å². The number of hydrogen-bond acceptors (Lipinski definition) is 3. The molecule has 1 atom stereocenters. The van der Waals surface area contributed by atoms with Gasteiger partial charge in [0, 0.05) is 13.1 Å². The van der Waals surface area contributed by atoms with Crippen molar-refractivity contribution in [2.24, 2.45) is 0 Å². The highest BCUT2D eigenvalue weighted by molar-refractivity contribution is 7.87. The third-order valence-electron chi connectivity index (χ3n) is 2.82. The Morgan fingerprint density at radius 3 is 2.67 bits per heavy atom. The van der Waals surface area contributed by atoms with Gasteiger partial charge in [-0.15, -0.1) is 0 Å². The van der Waals surface area contributed by atoms with Crippen LogP contribution in [-0.4, -0.2) is 42.9 Å². The third kappa shape index (κ3) is 4.08. The first-order chi connectivity index (χ1) is 8.34. The maximum Gasteiger partial charge on any atom is 0.322 e. The molecule has 1 aliphatic rings. The molecule has 1 rings (SSSR count). The summed E-state index contributed by atoms with van der Waals surface area (Å²) in [4.78, 5) is 11.0. The van der Waals surface area contributed by atoms with Crippen LogP contribution in [0.4, 0.5) is 0 Å². The van der Waals surface area contributed by atoms with E-state index in [0.717, 1.165) is 16.3 Å². The van der Waals surface area contributed by atoms with Crippen molar-refractivity contribution in [2.45, 2.75) is 39.2 Å². The summed E-state index contributed by atoms with van der Waals surface area (Å²) in [6, 6.07) is -0.942. The maximum atomic E-state index is 12.0. The number of piperidine rings is 1. The fraction of sp³-hybridized carbons (Fsp3) is 0.727. The fourth-order valence-corrected chi connectivity index (χ4v) is 3.23. The Hall–Kier alpha value is -0.920. The predicted octanol–water partition coefficient (Wildman–Crippen LogP) is 0.726. The van der Waals surface area contributed by atoms with Gasteiger partial charge in [-0.25, -0.2) is 0 Å². The Labute approximate surface area is 108 Å². The molecule has 6 nitrogen and oxygen atoms in total. The molecule has 1 saturated heterocycles. The molecule has 0 bridgehead atoms. The third-order valence-corrected chi connectivity index (χ3v) is 4.41.